The summed E-state index contributed by atoms with van der Waals surface area (Å²) in [6, 6.07) is 12.4. The number of fused-ring (bicyclic) bond motifs is 1. The first-order valence-electron chi connectivity index (χ1n) is 10.4. The fraction of sp³-hybridized carbons (Fsp3) is 0.435. The predicted molar refractivity (Wildman–Crippen MR) is 115 cm³/mol. The molecule has 1 fully saturated rings. The van der Waals surface area contributed by atoms with Crippen LogP contribution in [0.1, 0.15) is 52.7 Å². The number of amides is 1. The molecule has 0 spiro atoms. The molecule has 2 aromatic rings. The summed E-state index contributed by atoms with van der Waals surface area (Å²) in [5, 5.41) is 10.9. The minimum absolute atomic E-state index is 0.0373. The largest absolute Gasteiger partial charge is 0.380 e. The summed E-state index contributed by atoms with van der Waals surface area (Å²) >= 11 is 6.49. The van der Waals surface area contributed by atoms with E-state index in [0.717, 1.165) is 60.6 Å². The molecule has 1 aliphatic heterocycles. The summed E-state index contributed by atoms with van der Waals surface area (Å²) in [5.41, 5.74) is 5.61. The SMILES string of the molecule is O=C(NC1CCCC1)c1ccc(CNc2c(Cl)ccc3c2CCNCC3)cc1. The van der Waals surface area contributed by atoms with Gasteiger partial charge in [0.1, 0.15) is 0 Å². The van der Waals surface area contributed by atoms with E-state index in [1.807, 2.05) is 30.3 Å². The van der Waals surface area contributed by atoms with Gasteiger partial charge in [-0.15, -0.1) is 0 Å². The van der Waals surface area contributed by atoms with Crippen molar-refractivity contribution < 1.29 is 4.79 Å². The molecular weight excluding hydrogens is 370 g/mol. The second kappa shape index (κ2) is 8.97. The topological polar surface area (TPSA) is 53.2 Å². The zero-order valence-corrected chi connectivity index (χ0v) is 16.9. The maximum absolute atomic E-state index is 12.4. The van der Waals surface area contributed by atoms with Gasteiger partial charge >= 0.3 is 0 Å². The van der Waals surface area contributed by atoms with Crippen molar-refractivity contribution in [3.8, 4) is 0 Å². The van der Waals surface area contributed by atoms with E-state index in [4.69, 9.17) is 11.6 Å². The number of carbonyl (C=O) groups excluding carboxylic acids is 1. The normalized spacial score (nSPS) is 17.0. The molecule has 1 heterocycles. The van der Waals surface area contributed by atoms with Crippen molar-refractivity contribution >= 4 is 23.2 Å². The lowest BCUT2D eigenvalue weighted by molar-refractivity contribution is 0.0938. The fourth-order valence-corrected chi connectivity index (χ4v) is 4.48. The molecule has 5 heteroatoms. The molecule has 2 aromatic carbocycles. The molecule has 0 atom stereocenters. The molecule has 4 nitrogen and oxygen atoms in total. The van der Waals surface area contributed by atoms with Gasteiger partial charge in [0.15, 0.2) is 0 Å². The van der Waals surface area contributed by atoms with Crippen LogP contribution in [-0.2, 0) is 19.4 Å². The summed E-state index contributed by atoms with van der Waals surface area (Å²) in [4.78, 5) is 12.4. The van der Waals surface area contributed by atoms with Crippen LogP contribution in [-0.4, -0.2) is 25.0 Å². The van der Waals surface area contributed by atoms with Crippen LogP contribution in [0.2, 0.25) is 5.02 Å². The Kier molecular flexibility index (Phi) is 6.18. The Balaban J connectivity index is 1.41. The molecule has 0 radical (unpaired) electrons. The molecule has 0 bridgehead atoms. The third-order valence-electron chi connectivity index (χ3n) is 5.86. The Morgan fingerprint density at radius 3 is 2.57 bits per heavy atom. The summed E-state index contributed by atoms with van der Waals surface area (Å²) < 4.78 is 0. The summed E-state index contributed by atoms with van der Waals surface area (Å²) in [5.74, 6) is 0.0373. The van der Waals surface area contributed by atoms with Crippen LogP contribution in [0.3, 0.4) is 0 Å². The van der Waals surface area contributed by atoms with E-state index in [9.17, 15) is 4.79 Å². The van der Waals surface area contributed by atoms with Gasteiger partial charge in [0.2, 0.25) is 0 Å². The average Bonchev–Trinajstić information content (AvgIpc) is 3.10. The highest BCUT2D eigenvalue weighted by molar-refractivity contribution is 6.33. The van der Waals surface area contributed by atoms with Gasteiger partial charge in [0, 0.05) is 18.2 Å². The lowest BCUT2D eigenvalue weighted by Crippen LogP contribution is -2.32. The second-order valence-electron chi connectivity index (χ2n) is 7.82. The lowest BCUT2D eigenvalue weighted by Gasteiger charge is -2.16. The Labute approximate surface area is 172 Å². The Morgan fingerprint density at radius 2 is 1.79 bits per heavy atom. The molecule has 148 valence electrons. The molecule has 1 aliphatic carbocycles. The first-order valence-corrected chi connectivity index (χ1v) is 10.7. The molecule has 1 saturated carbocycles. The highest BCUT2D eigenvalue weighted by Gasteiger charge is 2.18. The quantitative estimate of drug-likeness (QED) is 0.704. The lowest BCUT2D eigenvalue weighted by atomic mass is 10.0. The van der Waals surface area contributed by atoms with Gasteiger partial charge in [-0.25, -0.2) is 0 Å². The molecular formula is C23H28ClN3O. The average molecular weight is 398 g/mol. The number of hydrogen-bond acceptors (Lipinski definition) is 3. The van der Waals surface area contributed by atoms with E-state index in [0.29, 0.717) is 12.6 Å². The predicted octanol–water partition coefficient (Wildman–Crippen LogP) is 4.31. The maximum Gasteiger partial charge on any atom is 0.251 e. The van der Waals surface area contributed by atoms with E-state index >= 15 is 0 Å². The number of carbonyl (C=O) groups is 1. The van der Waals surface area contributed by atoms with Crippen molar-refractivity contribution in [3.05, 3.63) is 63.7 Å². The summed E-state index contributed by atoms with van der Waals surface area (Å²) in [7, 11) is 0. The number of benzene rings is 2. The number of halogens is 1. The van der Waals surface area contributed by atoms with Gasteiger partial charge in [-0.3, -0.25) is 4.79 Å². The van der Waals surface area contributed by atoms with Crippen molar-refractivity contribution in [3.63, 3.8) is 0 Å². The molecule has 3 N–H and O–H groups in total. The Bertz CT molecular complexity index is 828. The number of rotatable bonds is 5. The van der Waals surface area contributed by atoms with E-state index in [2.05, 4.69) is 22.0 Å². The van der Waals surface area contributed by atoms with Crippen molar-refractivity contribution in [2.45, 2.75) is 51.1 Å². The molecule has 0 saturated heterocycles. The summed E-state index contributed by atoms with van der Waals surface area (Å²) in [6.07, 6.45) is 6.66. The number of hydrogen-bond donors (Lipinski definition) is 3. The third-order valence-corrected chi connectivity index (χ3v) is 6.17. The molecule has 0 aromatic heterocycles. The Morgan fingerprint density at radius 1 is 1.04 bits per heavy atom. The number of nitrogens with one attached hydrogen (secondary N) is 3. The van der Waals surface area contributed by atoms with Crippen molar-refractivity contribution in [1.82, 2.24) is 10.6 Å². The molecule has 28 heavy (non-hydrogen) atoms. The van der Waals surface area contributed by atoms with Crippen LogP contribution in [0.25, 0.3) is 0 Å². The van der Waals surface area contributed by atoms with Gasteiger partial charge in [0.05, 0.1) is 10.7 Å². The van der Waals surface area contributed by atoms with Crippen LogP contribution >= 0.6 is 11.6 Å². The highest BCUT2D eigenvalue weighted by atomic mass is 35.5. The van der Waals surface area contributed by atoms with Crippen LogP contribution in [0.4, 0.5) is 5.69 Å². The van der Waals surface area contributed by atoms with Crippen molar-refractivity contribution in [2.75, 3.05) is 18.4 Å². The first-order chi connectivity index (χ1) is 13.7. The van der Waals surface area contributed by atoms with E-state index in [1.165, 1.54) is 24.0 Å². The minimum atomic E-state index is 0.0373. The molecule has 4 rings (SSSR count). The monoisotopic (exact) mass is 397 g/mol. The zero-order valence-electron chi connectivity index (χ0n) is 16.2. The van der Waals surface area contributed by atoms with Crippen LogP contribution in [0, 0.1) is 0 Å². The van der Waals surface area contributed by atoms with Gasteiger partial charge in [-0.05, 0) is 73.7 Å². The van der Waals surface area contributed by atoms with E-state index < -0.39 is 0 Å². The zero-order chi connectivity index (χ0) is 19.3. The van der Waals surface area contributed by atoms with Crippen LogP contribution in [0.5, 0.6) is 0 Å². The Hall–Kier alpha value is -2.04. The van der Waals surface area contributed by atoms with Crippen LogP contribution < -0.4 is 16.0 Å². The van der Waals surface area contributed by atoms with Gasteiger partial charge in [0.25, 0.3) is 5.91 Å². The van der Waals surface area contributed by atoms with E-state index in [1.54, 1.807) is 0 Å². The summed E-state index contributed by atoms with van der Waals surface area (Å²) in [6.45, 7) is 2.68. The smallest absolute Gasteiger partial charge is 0.251 e. The number of anilines is 1. The van der Waals surface area contributed by atoms with Crippen LogP contribution in [0.15, 0.2) is 36.4 Å². The van der Waals surface area contributed by atoms with Crippen molar-refractivity contribution in [2.24, 2.45) is 0 Å². The maximum atomic E-state index is 12.4. The fourth-order valence-electron chi connectivity index (χ4n) is 4.24. The van der Waals surface area contributed by atoms with Gasteiger partial charge in [-0.1, -0.05) is 42.6 Å². The molecule has 2 aliphatic rings. The van der Waals surface area contributed by atoms with Gasteiger partial charge < -0.3 is 16.0 Å². The van der Waals surface area contributed by atoms with Crippen molar-refractivity contribution in [1.29, 1.82) is 0 Å². The van der Waals surface area contributed by atoms with Gasteiger partial charge in [-0.2, -0.15) is 0 Å². The third kappa shape index (κ3) is 4.50. The second-order valence-corrected chi connectivity index (χ2v) is 8.22. The standard InChI is InChI=1S/C23H28ClN3O/c24-21-10-9-17-11-13-25-14-12-20(17)22(21)26-15-16-5-7-18(8-6-16)23(28)27-19-3-1-2-4-19/h5-10,19,25-26H,1-4,11-15H2,(H,27,28). The minimum Gasteiger partial charge on any atom is -0.380 e. The molecule has 1 amide bonds. The molecule has 0 unspecified atom stereocenters. The van der Waals surface area contributed by atoms with E-state index in [-0.39, 0.29) is 5.91 Å². The first kappa shape index (κ1) is 19.3. The highest BCUT2D eigenvalue weighted by Crippen LogP contribution is 2.31.